The lowest BCUT2D eigenvalue weighted by atomic mass is 10.2. The Morgan fingerprint density at radius 3 is 2.56 bits per heavy atom. The van der Waals surface area contributed by atoms with Crippen LogP contribution in [0.25, 0.3) is 6.08 Å². The molecule has 2 nitrogen and oxygen atoms in total. The van der Waals surface area contributed by atoms with Crippen molar-refractivity contribution in [3.63, 3.8) is 0 Å². The molecule has 0 N–H and O–H groups in total. The molecule has 0 saturated heterocycles. The average Bonchev–Trinajstić information content (AvgIpc) is 2.39. The van der Waals surface area contributed by atoms with Crippen LogP contribution in [0.15, 0.2) is 60.2 Å². The Morgan fingerprint density at radius 2 is 1.89 bits per heavy atom. The van der Waals surface area contributed by atoms with Crippen LogP contribution in [0.1, 0.15) is 19.4 Å². The zero-order valence-electron chi connectivity index (χ0n) is 10.8. The van der Waals surface area contributed by atoms with Gasteiger partial charge in [-0.1, -0.05) is 60.7 Å². The number of allylic oxidation sites excluding steroid dienone is 4. The van der Waals surface area contributed by atoms with E-state index in [9.17, 15) is 4.79 Å². The summed E-state index contributed by atoms with van der Waals surface area (Å²) in [4.78, 5) is 11.3. The van der Waals surface area contributed by atoms with Crippen LogP contribution in [0.3, 0.4) is 0 Å². The van der Waals surface area contributed by atoms with Crippen molar-refractivity contribution in [2.75, 3.05) is 6.61 Å². The van der Waals surface area contributed by atoms with Gasteiger partial charge < -0.3 is 4.74 Å². The number of carbonyl (C=O) groups excluding carboxylic acids is 1. The summed E-state index contributed by atoms with van der Waals surface area (Å²) in [7, 11) is 0. The lowest BCUT2D eigenvalue weighted by Gasteiger charge is -1.98. The van der Waals surface area contributed by atoms with Gasteiger partial charge in [-0.25, -0.2) is 4.79 Å². The highest BCUT2D eigenvalue weighted by molar-refractivity contribution is 5.88. The van der Waals surface area contributed by atoms with Crippen molar-refractivity contribution in [2.45, 2.75) is 13.8 Å². The summed E-state index contributed by atoms with van der Waals surface area (Å²) < 4.78 is 4.87. The van der Waals surface area contributed by atoms with Gasteiger partial charge >= 0.3 is 5.97 Å². The summed E-state index contributed by atoms with van der Waals surface area (Å²) in [5, 5.41) is 0. The Balaban J connectivity index is 2.48. The predicted octanol–water partition coefficient (Wildman–Crippen LogP) is 3.77. The predicted molar refractivity (Wildman–Crippen MR) is 75.0 cm³/mol. The van der Waals surface area contributed by atoms with E-state index in [0.717, 1.165) is 5.56 Å². The van der Waals surface area contributed by atoms with Crippen molar-refractivity contribution in [1.29, 1.82) is 0 Å². The van der Waals surface area contributed by atoms with E-state index in [1.165, 1.54) is 0 Å². The van der Waals surface area contributed by atoms with Crippen molar-refractivity contribution in [3.05, 3.63) is 65.8 Å². The van der Waals surface area contributed by atoms with Crippen LogP contribution >= 0.6 is 0 Å². The lowest BCUT2D eigenvalue weighted by molar-refractivity contribution is -0.138. The second kappa shape index (κ2) is 8.07. The molecule has 0 saturated carbocycles. The maximum Gasteiger partial charge on any atom is 0.333 e. The van der Waals surface area contributed by atoms with E-state index < -0.39 is 0 Å². The third-order valence-corrected chi connectivity index (χ3v) is 2.25. The minimum atomic E-state index is -0.269. The molecule has 0 aliphatic carbocycles. The van der Waals surface area contributed by atoms with Gasteiger partial charge in [0.25, 0.3) is 0 Å². The Bertz CT molecular complexity index is 453. The number of esters is 1. The number of hydrogen-bond donors (Lipinski definition) is 0. The summed E-state index contributed by atoms with van der Waals surface area (Å²) in [6.07, 6.45) is 9.39. The maximum absolute atomic E-state index is 11.3. The molecule has 0 bridgehead atoms. The first kappa shape index (κ1) is 14.0. The third-order valence-electron chi connectivity index (χ3n) is 2.25. The number of benzene rings is 1. The number of rotatable bonds is 5. The Kier molecular flexibility index (Phi) is 6.26. The molecular weight excluding hydrogens is 224 g/mol. The van der Waals surface area contributed by atoms with Gasteiger partial charge in [0.15, 0.2) is 0 Å². The van der Waals surface area contributed by atoms with E-state index in [0.29, 0.717) is 12.2 Å². The molecule has 0 aliphatic heterocycles. The Morgan fingerprint density at radius 1 is 1.17 bits per heavy atom. The van der Waals surface area contributed by atoms with Crippen molar-refractivity contribution >= 4 is 12.0 Å². The first-order valence-electron chi connectivity index (χ1n) is 5.98. The van der Waals surface area contributed by atoms with Crippen LogP contribution in [0.5, 0.6) is 0 Å². The van der Waals surface area contributed by atoms with E-state index in [2.05, 4.69) is 0 Å². The smallest absolute Gasteiger partial charge is 0.333 e. The Labute approximate surface area is 108 Å². The van der Waals surface area contributed by atoms with E-state index in [1.807, 2.05) is 54.6 Å². The second-order valence-corrected chi connectivity index (χ2v) is 3.72. The van der Waals surface area contributed by atoms with Crippen LogP contribution in [0.2, 0.25) is 0 Å². The maximum atomic E-state index is 11.3. The summed E-state index contributed by atoms with van der Waals surface area (Å²) in [5.74, 6) is -0.269. The molecule has 0 heterocycles. The molecule has 2 heteroatoms. The van der Waals surface area contributed by atoms with Gasteiger partial charge in [-0.2, -0.15) is 0 Å². The summed E-state index contributed by atoms with van der Waals surface area (Å²) in [6, 6.07) is 10.0. The van der Waals surface area contributed by atoms with Gasteiger partial charge in [-0.05, 0) is 19.4 Å². The van der Waals surface area contributed by atoms with E-state index in [-0.39, 0.29) is 5.97 Å². The first-order chi connectivity index (χ1) is 8.74. The molecule has 0 radical (unpaired) electrons. The molecule has 0 amide bonds. The third kappa shape index (κ3) is 5.30. The highest BCUT2D eigenvalue weighted by atomic mass is 16.5. The molecule has 0 atom stereocenters. The average molecular weight is 242 g/mol. The van der Waals surface area contributed by atoms with Crippen molar-refractivity contribution < 1.29 is 9.53 Å². The van der Waals surface area contributed by atoms with Gasteiger partial charge in [-0.15, -0.1) is 0 Å². The molecule has 0 unspecified atom stereocenters. The number of ether oxygens (including phenoxy) is 1. The summed E-state index contributed by atoms with van der Waals surface area (Å²) in [5.41, 5.74) is 1.74. The molecule has 1 aromatic carbocycles. The van der Waals surface area contributed by atoms with Gasteiger partial charge in [0.2, 0.25) is 0 Å². The molecule has 0 aliphatic rings. The molecule has 94 valence electrons. The number of carbonyl (C=O) groups is 1. The lowest BCUT2D eigenvalue weighted by Crippen LogP contribution is -2.04. The normalized spacial score (nSPS) is 12.2. The highest BCUT2D eigenvalue weighted by Crippen LogP contribution is 2.01. The molecule has 0 spiro atoms. The van der Waals surface area contributed by atoms with Crippen LogP contribution in [-0.2, 0) is 9.53 Å². The summed E-state index contributed by atoms with van der Waals surface area (Å²) in [6.45, 7) is 3.94. The van der Waals surface area contributed by atoms with Crippen LogP contribution in [-0.4, -0.2) is 12.6 Å². The van der Waals surface area contributed by atoms with E-state index in [1.54, 1.807) is 19.9 Å². The number of hydrogen-bond acceptors (Lipinski definition) is 2. The molecule has 18 heavy (non-hydrogen) atoms. The minimum Gasteiger partial charge on any atom is -0.463 e. The van der Waals surface area contributed by atoms with Crippen LogP contribution in [0, 0.1) is 0 Å². The fraction of sp³-hybridized carbons (Fsp3) is 0.188. The largest absolute Gasteiger partial charge is 0.463 e. The molecule has 0 aromatic heterocycles. The van der Waals surface area contributed by atoms with E-state index >= 15 is 0 Å². The first-order valence-corrected chi connectivity index (χ1v) is 5.98. The SMILES string of the molecule is CCOC(=O)/C(C)=C/C=C/C=C/c1ccccc1. The fourth-order valence-electron chi connectivity index (χ4n) is 1.31. The van der Waals surface area contributed by atoms with Gasteiger partial charge in [0.05, 0.1) is 6.61 Å². The van der Waals surface area contributed by atoms with Gasteiger partial charge in [0.1, 0.15) is 0 Å². The van der Waals surface area contributed by atoms with Gasteiger partial charge in [-0.3, -0.25) is 0 Å². The second-order valence-electron chi connectivity index (χ2n) is 3.72. The molecule has 1 aromatic rings. The molecule has 1 rings (SSSR count). The van der Waals surface area contributed by atoms with Crippen molar-refractivity contribution in [3.8, 4) is 0 Å². The minimum absolute atomic E-state index is 0.269. The van der Waals surface area contributed by atoms with Crippen LogP contribution in [0.4, 0.5) is 0 Å². The quantitative estimate of drug-likeness (QED) is 0.446. The van der Waals surface area contributed by atoms with Gasteiger partial charge in [0, 0.05) is 5.57 Å². The molecule has 0 fully saturated rings. The topological polar surface area (TPSA) is 26.3 Å². The standard InChI is InChI=1S/C16H18O2/c1-3-18-16(17)14(2)10-6-4-7-11-15-12-8-5-9-13-15/h4-13H,3H2,1-2H3/b6-4+,11-7+,14-10+. The van der Waals surface area contributed by atoms with E-state index in [4.69, 9.17) is 4.74 Å². The zero-order chi connectivity index (χ0) is 13.2. The van der Waals surface area contributed by atoms with Crippen LogP contribution < -0.4 is 0 Å². The fourth-order valence-corrected chi connectivity index (χ4v) is 1.31. The van der Waals surface area contributed by atoms with Crippen molar-refractivity contribution in [2.24, 2.45) is 0 Å². The monoisotopic (exact) mass is 242 g/mol. The zero-order valence-corrected chi connectivity index (χ0v) is 10.8. The molecular formula is C16H18O2. The summed E-state index contributed by atoms with van der Waals surface area (Å²) >= 11 is 0. The highest BCUT2D eigenvalue weighted by Gasteiger charge is 2.01. The Hall–Kier alpha value is -2.09. The van der Waals surface area contributed by atoms with Crippen molar-refractivity contribution in [1.82, 2.24) is 0 Å².